The van der Waals surface area contributed by atoms with Gasteiger partial charge >= 0.3 is 6.03 Å². The summed E-state index contributed by atoms with van der Waals surface area (Å²) in [6.07, 6.45) is 7.06. The first kappa shape index (κ1) is 21.4. The molecule has 0 aliphatic heterocycles. The van der Waals surface area contributed by atoms with Crippen LogP contribution in [0.4, 0.5) is 10.5 Å². The highest BCUT2D eigenvalue weighted by atomic mass is 32.2. The third-order valence-electron chi connectivity index (χ3n) is 5.41. The van der Waals surface area contributed by atoms with Gasteiger partial charge in [-0.1, -0.05) is 6.92 Å². The monoisotopic (exact) mass is 449 g/mol. The largest absolute Gasteiger partial charge is 0.383 e. The maximum Gasteiger partial charge on any atom is 0.354 e. The molecule has 2 aromatic rings. The van der Waals surface area contributed by atoms with Crippen LogP contribution in [0.2, 0.25) is 0 Å². The number of hydrogen-bond donors (Lipinski definition) is 3. The maximum atomic E-state index is 12.9. The number of amides is 2. The van der Waals surface area contributed by atoms with Crippen molar-refractivity contribution in [1.29, 1.82) is 0 Å². The minimum Gasteiger partial charge on any atom is -0.383 e. The molecule has 0 unspecified atom stereocenters. The van der Waals surface area contributed by atoms with Crippen molar-refractivity contribution in [1.82, 2.24) is 9.97 Å². The highest BCUT2D eigenvalue weighted by Crippen LogP contribution is 2.47. The Hall–Kier alpha value is -1.88. The number of thiazole rings is 1. The number of fused-ring (bicyclic) bond motifs is 1. The van der Waals surface area contributed by atoms with E-state index in [0.29, 0.717) is 10.9 Å². The molecular formula is C20H27N5O3S2. The number of carbonyl (C=O) groups is 1. The summed E-state index contributed by atoms with van der Waals surface area (Å²) in [5, 5.41) is 19.2. The predicted octanol–water partition coefficient (Wildman–Crippen LogP) is 3.63. The average molecular weight is 450 g/mol. The fraction of sp³-hybridized carbons (Fsp3) is 0.550. The predicted molar refractivity (Wildman–Crippen MR) is 117 cm³/mol. The van der Waals surface area contributed by atoms with E-state index in [1.165, 1.54) is 6.20 Å². The van der Waals surface area contributed by atoms with Gasteiger partial charge in [0.25, 0.3) is 0 Å². The summed E-state index contributed by atoms with van der Waals surface area (Å²) in [4.78, 5) is 21.7. The average Bonchev–Trinajstić information content (AvgIpc) is 3.16. The van der Waals surface area contributed by atoms with E-state index in [9.17, 15) is 14.1 Å². The van der Waals surface area contributed by atoms with Crippen LogP contribution >= 0.6 is 11.3 Å². The minimum absolute atomic E-state index is 0.159. The number of hydrogen-bond acceptors (Lipinski definition) is 6. The zero-order valence-corrected chi connectivity index (χ0v) is 19.0. The lowest BCUT2D eigenvalue weighted by Gasteiger charge is -2.17. The number of nitrogens with two attached hydrogens (primary N) is 1. The topological polar surface area (TPSA) is 131 Å². The number of pyridine rings is 1. The second-order valence-electron chi connectivity index (χ2n) is 8.39. The normalized spacial score (nSPS) is 18.0. The van der Waals surface area contributed by atoms with E-state index in [0.717, 1.165) is 78.1 Å². The van der Waals surface area contributed by atoms with E-state index in [1.54, 1.807) is 13.8 Å². The summed E-state index contributed by atoms with van der Waals surface area (Å²) in [5.41, 5.74) is 3.85. The maximum absolute atomic E-state index is 12.9. The molecule has 1 saturated carbocycles. The van der Waals surface area contributed by atoms with Crippen LogP contribution in [0.3, 0.4) is 0 Å². The lowest BCUT2D eigenvalue weighted by Crippen LogP contribution is -2.19. The van der Waals surface area contributed by atoms with Crippen LogP contribution in [0.5, 0.6) is 0 Å². The third kappa shape index (κ3) is 4.14. The van der Waals surface area contributed by atoms with E-state index in [1.807, 2.05) is 0 Å². The Balaban J connectivity index is 1.68. The second kappa shape index (κ2) is 7.67. The van der Waals surface area contributed by atoms with Gasteiger partial charge in [-0.15, -0.1) is 15.7 Å². The van der Waals surface area contributed by atoms with Gasteiger partial charge in [0.15, 0.2) is 9.92 Å². The summed E-state index contributed by atoms with van der Waals surface area (Å²) in [6.45, 7) is 5.22. The molecule has 0 spiro atoms. The van der Waals surface area contributed by atoms with Crippen molar-refractivity contribution in [3.63, 3.8) is 0 Å². The Morgan fingerprint density at radius 1 is 1.43 bits per heavy atom. The van der Waals surface area contributed by atoms with Crippen LogP contribution in [-0.4, -0.2) is 25.3 Å². The van der Waals surface area contributed by atoms with Crippen molar-refractivity contribution in [3.05, 3.63) is 33.7 Å². The highest BCUT2D eigenvalue weighted by Gasteiger charge is 2.33. The second-order valence-corrected chi connectivity index (χ2v) is 11.4. The Morgan fingerprint density at radius 2 is 2.17 bits per heavy atom. The smallest absolute Gasteiger partial charge is 0.354 e. The van der Waals surface area contributed by atoms with Gasteiger partial charge in [0.05, 0.1) is 11.9 Å². The van der Waals surface area contributed by atoms with Gasteiger partial charge in [-0.05, 0) is 63.9 Å². The standard InChI is InChI=1S/C20H27N5O3S2/c1-4-13-16(11-8-9-11)17(12-6-5-7-14(12)23-13)24-19(26)25-30(21,28)15-10-22-18(29-15)20(2,3)27/h10-11,27H,4-9H2,1-3H3,(H3,21,23,24,25,26,28)/t30-/m0/s1. The molecule has 2 aromatic heterocycles. The van der Waals surface area contributed by atoms with Crippen LogP contribution in [0.15, 0.2) is 14.8 Å². The van der Waals surface area contributed by atoms with Crippen LogP contribution < -0.4 is 10.5 Å². The van der Waals surface area contributed by atoms with Crippen LogP contribution in [-0.2, 0) is 34.8 Å². The van der Waals surface area contributed by atoms with E-state index in [4.69, 9.17) is 10.1 Å². The first-order valence-electron chi connectivity index (χ1n) is 10.2. The van der Waals surface area contributed by atoms with Crippen molar-refractivity contribution in [2.75, 3.05) is 5.32 Å². The fourth-order valence-corrected chi connectivity index (χ4v) is 5.91. The molecule has 0 aromatic carbocycles. The lowest BCUT2D eigenvalue weighted by molar-refractivity contribution is 0.0783. The lowest BCUT2D eigenvalue weighted by atomic mass is 9.99. The number of nitrogens with zero attached hydrogens (tertiary/aromatic N) is 3. The molecule has 1 fully saturated rings. The third-order valence-corrected chi connectivity index (χ3v) is 8.60. The van der Waals surface area contributed by atoms with Gasteiger partial charge in [-0.3, -0.25) is 4.98 Å². The molecule has 2 amide bonds. The molecule has 4 rings (SSSR count). The Morgan fingerprint density at radius 3 is 2.77 bits per heavy atom. The number of anilines is 1. The van der Waals surface area contributed by atoms with Gasteiger partial charge in [0.1, 0.15) is 14.8 Å². The van der Waals surface area contributed by atoms with Crippen molar-refractivity contribution in [2.24, 2.45) is 9.50 Å². The fourth-order valence-electron chi connectivity index (χ4n) is 3.85. The zero-order valence-electron chi connectivity index (χ0n) is 17.4. The Bertz CT molecular complexity index is 1120. The molecule has 0 saturated heterocycles. The molecule has 1 atom stereocenters. The Kier molecular flexibility index (Phi) is 5.46. The zero-order chi connectivity index (χ0) is 21.7. The number of aliphatic hydroxyl groups is 1. The van der Waals surface area contributed by atoms with E-state index in [2.05, 4.69) is 21.6 Å². The molecule has 0 bridgehead atoms. The van der Waals surface area contributed by atoms with Crippen molar-refractivity contribution >= 4 is 33.0 Å². The SMILES string of the molecule is CCc1nc2c(c(NC(=O)N=[S@](N)(=O)c3cnc(C(C)(C)O)s3)c1C1CC1)CCC2. The molecule has 2 heterocycles. The first-order valence-corrected chi connectivity index (χ1v) is 12.6. The molecule has 162 valence electrons. The number of aryl methyl sites for hydroxylation is 2. The summed E-state index contributed by atoms with van der Waals surface area (Å²) < 4.78 is 16.9. The molecule has 2 aliphatic carbocycles. The molecular weight excluding hydrogens is 422 g/mol. The molecule has 10 heteroatoms. The minimum atomic E-state index is -3.47. The van der Waals surface area contributed by atoms with Gasteiger partial charge in [-0.25, -0.2) is 19.1 Å². The number of carbonyl (C=O) groups excluding carboxylic acids is 1. The van der Waals surface area contributed by atoms with Gasteiger partial charge < -0.3 is 10.4 Å². The summed E-state index contributed by atoms with van der Waals surface area (Å²) in [7, 11) is -3.47. The summed E-state index contributed by atoms with van der Waals surface area (Å²) in [5.74, 6) is 0.409. The van der Waals surface area contributed by atoms with Crippen molar-refractivity contribution in [3.8, 4) is 0 Å². The molecule has 4 N–H and O–H groups in total. The Labute approximate surface area is 180 Å². The molecule has 30 heavy (non-hydrogen) atoms. The van der Waals surface area contributed by atoms with Gasteiger partial charge in [0.2, 0.25) is 0 Å². The molecule has 2 aliphatic rings. The highest BCUT2D eigenvalue weighted by molar-refractivity contribution is 7.93. The van der Waals surface area contributed by atoms with Crippen molar-refractivity contribution < 1.29 is 14.1 Å². The van der Waals surface area contributed by atoms with Crippen LogP contribution in [0.25, 0.3) is 0 Å². The first-order chi connectivity index (χ1) is 14.1. The van der Waals surface area contributed by atoms with E-state index >= 15 is 0 Å². The number of nitrogens with one attached hydrogen (secondary N) is 1. The van der Waals surface area contributed by atoms with Crippen LogP contribution in [0.1, 0.15) is 73.5 Å². The summed E-state index contributed by atoms with van der Waals surface area (Å²) >= 11 is 0.994. The molecule has 0 radical (unpaired) electrons. The van der Waals surface area contributed by atoms with Gasteiger partial charge in [0, 0.05) is 17.0 Å². The molecule has 8 nitrogen and oxygen atoms in total. The summed E-state index contributed by atoms with van der Waals surface area (Å²) in [6, 6.07) is -0.732. The van der Waals surface area contributed by atoms with Crippen molar-refractivity contribution in [2.45, 2.75) is 75.0 Å². The number of rotatable bonds is 5. The number of aromatic nitrogens is 2. The van der Waals surface area contributed by atoms with Crippen LogP contribution in [0, 0.1) is 0 Å². The van der Waals surface area contributed by atoms with E-state index in [-0.39, 0.29) is 4.21 Å². The van der Waals surface area contributed by atoms with Gasteiger partial charge in [-0.2, -0.15) is 0 Å². The quantitative estimate of drug-likeness (QED) is 0.641. The number of urea groups is 1. The van der Waals surface area contributed by atoms with E-state index < -0.39 is 21.5 Å².